The molecule has 0 fully saturated rings. The van der Waals surface area contributed by atoms with Crippen molar-refractivity contribution in [1.82, 2.24) is 5.32 Å². The average Bonchev–Trinajstić information content (AvgIpc) is 3.01. The maximum Gasteiger partial charge on any atom is 0.216 e. The molecule has 1 heterocycles. The third kappa shape index (κ3) is 3.66. The number of sulfone groups is 1. The summed E-state index contributed by atoms with van der Waals surface area (Å²) in [5.41, 5.74) is 0. The number of ether oxygens (including phenoxy) is 1. The zero-order valence-corrected chi connectivity index (χ0v) is 13.9. The summed E-state index contributed by atoms with van der Waals surface area (Å²) in [6.07, 6.45) is 0. The second kappa shape index (κ2) is 6.93. The van der Waals surface area contributed by atoms with Crippen molar-refractivity contribution in [2.75, 3.05) is 13.7 Å². The number of carbonyl (C=O) groups excluding carboxylic acids is 1. The normalized spacial score (nSPS) is 12.6. The van der Waals surface area contributed by atoms with E-state index < -0.39 is 15.1 Å². The van der Waals surface area contributed by atoms with Gasteiger partial charge in [-0.05, 0) is 35.7 Å². The molecule has 1 aromatic carbocycles. The Morgan fingerprint density at radius 1 is 1.27 bits per heavy atom. The minimum atomic E-state index is -3.60. The van der Waals surface area contributed by atoms with Crippen molar-refractivity contribution in [1.29, 1.82) is 0 Å². The first kappa shape index (κ1) is 16.5. The van der Waals surface area contributed by atoms with Crippen LogP contribution in [0.25, 0.3) is 0 Å². The number of nitrogens with one attached hydrogen (secondary N) is 1. The number of methoxy groups -OCH3 is 1. The van der Waals surface area contributed by atoms with Crippen molar-refractivity contribution in [3.8, 4) is 5.75 Å². The molecule has 0 spiro atoms. The fourth-order valence-electron chi connectivity index (χ4n) is 2.00. The zero-order valence-electron chi connectivity index (χ0n) is 12.3. The smallest absolute Gasteiger partial charge is 0.216 e. The topological polar surface area (TPSA) is 72.5 Å². The molecule has 2 rings (SSSR count). The lowest BCUT2D eigenvalue weighted by atomic mass is 10.3. The lowest BCUT2D eigenvalue weighted by Crippen LogP contribution is -2.29. The van der Waals surface area contributed by atoms with E-state index in [9.17, 15) is 13.2 Å². The van der Waals surface area contributed by atoms with Crippen LogP contribution in [0.4, 0.5) is 0 Å². The van der Waals surface area contributed by atoms with Crippen molar-refractivity contribution < 1.29 is 17.9 Å². The molecule has 22 heavy (non-hydrogen) atoms. The van der Waals surface area contributed by atoms with Gasteiger partial charge in [0, 0.05) is 18.3 Å². The molecule has 7 heteroatoms. The molecule has 0 aliphatic rings. The van der Waals surface area contributed by atoms with Gasteiger partial charge in [-0.25, -0.2) is 8.42 Å². The predicted octanol–water partition coefficient (Wildman–Crippen LogP) is 2.41. The number of benzene rings is 1. The Balaban J connectivity index is 2.37. The number of rotatable bonds is 6. The van der Waals surface area contributed by atoms with Crippen molar-refractivity contribution in [3.63, 3.8) is 0 Å². The Labute approximate surface area is 133 Å². The van der Waals surface area contributed by atoms with Crippen LogP contribution < -0.4 is 10.1 Å². The first-order chi connectivity index (χ1) is 10.4. The van der Waals surface area contributed by atoms with Crippen LogP contribution in [0.1, 0.15) is 17.1 Å². The highest BCUT2D eigenvalue weighted by atomic mass is 32.2. The van der Waals surface area contributed by atoms with Gasteiger partial charge in [-0.2, -0.15) is 0 Å². The van der Waals surface area contributed by atoms with E-state index in [-0.39, 0.29) is 17.3 Å². The van der Waals surface area contributed by atoms with Gasteiger partial charge < -0.3 is 10.1 Å². The number of carbonyl (C=O) groups is 1. The van der Waals surface area contributed by atoms with Crippen molar-refractivity contribution in [3.05, 3.63) is 46.7 Å². The van der Waals surface area contributed by atoms with Crippen molar-refractivity contribution >= 4 is 27.1 Å². The van der Waals surface area contributed by atoms with Crippen LogP contribution in [0, 0.1) is 0 Å². The molecule has 0 saturated carbocycles. The van der Waals surface area contributed by atoms with E-state index >= 15 is 0 Å². The van der Waals surface area contributed by atoms with E-state index in [1.165, 1.54) is 37.5 Å². The SMILES string of the molecule is COc1ccc(S(=O)(=O)[C@H](CNC(C)=O)c2cccs2)cc1. The number of thiophene rings is 1. The van der Waals surface area contributed by atoms with E-state index in [0.717, 1.165) is 0 Å². The maximum absolute atomic E-state index is 12.9. The highest BCUT2D eigenvalue weighted by Gasteiger charge is 2.30. The van der Waals surface area contributed by atoms with Crippen molar-refractivity contribution in [2.24, 2.45) is 0 Å². The molecule has 0 bridgehead atoms. The first-order valence-corrected chi connectivity index (χ1v) is 9.03. The van der Waals surface area contributed by atoms with Crippen molar-refractivity contribution in [2.45, 2.75) is 17.1 Å². The van der Waals surface area contributed by atoms with Gasteiger partial charge in [0.05, 0.1) is 12.0 Å². The van der Waals surface area contributed by atoms with E-state index in [0.29, 0.717) is 10.6 Å². The van der Waals surface area contributed by atoms with Crippen LogP contribution in [0.5, 0.6) is 5.75 Å². The highest BCUT2D eigenvalue weighted by Crippen LogP contribution is 2.32. The van der Waals surface area contributed by atoms with Gasteiger partial charge in [-0.1, -0.05) is 6.07 Å². The predicted molar refractivity (Wildman–Crippen MR) is 85.9 cm³/mol. The van der Waals surface area contributed by atoms with Gasteiger partial charge in [0.25, 0.3) is 0 Å². The molecular weight excluding hydrogens is 322 g/mol. The monoisotopic (exact) mass is 339 g/mol. The molecule has 0 aliphatic carbocycles. The summed E-state index contributed by atoms with van der Waals surface area (Å²) in [6.45, 7) is 1.41. The first-order valence-electron chi connectivity index (χ1n) is 6.61. The van der Waals surface area contributed by atoms with Gasteiger partial charge in [0.2, 0.25) is 5.91 Å². The Bertz CT molecular complexity index is 721. The molecule has 5 nitrogen and oxygen atoms in total. The summed E-state index contributed by atoms with van der Waals surface area (Å²) < 4.78 is 30.8. The van der Waals surface area contributed by atoms with Gasteiger partial charge in [-0.3, -0.25) is 4.79 Å². The van der Waals surface area contributed by atoms with Gasteiger partial charge in [0.1, 0.15) is 11.0 Å². The molecule has 0 aliphatic heterocycles. The van der Waals surface area contributed by atoms with E-state index in [1.54, 1.807) is 24.3 Å². The Kier molecular flexibility index (Phi) is 5.20. The van der Waals surface area contributed by atoms with Crippen LogP contribution in [0.2, 0.25) is 0 Å². The fourth-order valence-corrected chi connectivity index (χ4v) is 4.79. The minimum absolute atomic E-state index is 0.0458. The summed E-state index contributed by atoms with van der Waals surface area (Å²) in [5, 5.41) is 3.61. The lowest BCUT2D eigenvalue weighted by molar-refractivity contribution is -0.118. The largest absolute Gasteiger partial charge is 0.497 e. The minimum Gasteiger partial charge on any atom is -0.497 e. The molecule has 1 amide bonds. The van der Waals surface area contributed by atoms with Crippen LogP contribution in [0.3, 0.4) is 0 Å². The fraction of sp³-hybridized carbons (Fsp3) is 0.267. The third-order valence-electron chi connectivity index (χ3n) is 3.16. The third-order valence-corrected chi connectivity index (χ3v) is 6.39. The number of hydrogen-bond acceptors (Lipinski definition) is 5. The molecule has 0 saturated heterocycles. The average molecular weight is 339 g/mol. The summed E-state index contributed by atoms with van der Waals surface area (Å²) in [7, 11) is -2.08. The van der Waals surface area contributed by atoms with E-state index in [2.05, 4.69) is 5.32 Å². The Hall–Kier alpha value is -1.86. The molecule has 1 atom stereocenters. The molecule has 1 N–H and O–H groups in total. The van der Waals surface area contributed by atoms with Crippen LogP contribution in [0.15, 0.2) is 46.7 Å². The molecular formula is C15H17NO4S2. The Morgan fingerprint density at radius 2 is 1.95 bits per heavy atom. The molecule has 1 aromatic heterocycles. The molecule has 0 unspecified atom stereocenters. The highest BCUT2D eigenvalue weighted by molar-refractivity contribution is 7.91. The summed E-state index contributed by atoms with van der Waals surface area (Å²) in [5.74, 6) is 0.333. The standard InChI is InChI=1S/C15H17NO4S2/c1-11(17)16-10-15(14-4-3-9-21-14)22(18,19)13-7-5-12(20-2)6-8-13/h3-9,15H,10H2,1-2H3,(H,16,17)/t15-/m1/s1. The lowest BCUT2D eigenvalue weighted by Gasteiger charge is -2.17. The number of hydrogen-bond donors (Lipinski definition) is 1. The summed E-state index contributed by atoms with van der Waals surface area (Å²) >= 11 is 1.36. The Morgan fingerprint density at radius 3 is 2.45 bits per heavy atom. The second-order valence-corrected chi connectivity index (χ2v) is 7.77. The van der Waals surface area contributed by atoms with Gasteiger partial charge >= 0.3 is 0 Å². The molecule has 0 radical (unpaired) electrons. The molecule has 2 aromatic rings. The van der Waals surface area contributed by atoms with Gasteiger partial charge in [-0.15, -0.1) is 11.3 Å². The van der Waals surface area contributed by atoms with Crippen LogP contribution in [-0.4, -0.2) is 28.0 Å². The van der Waals surface area contributed by atoms with Crippen LogP contribution >= 0.6 is 11.3 Å². The maximum atomic E-state index is 12.9. The quantitative estimate of drug-likeness (QED) is 0.877. The molecule has 118 valence electrons. The van der Waals surface area contributed by atoms with Gasteiger partial charge in [0.15, 0.2) is 9.84 Å². The zero-order chi connectivity index (χ0) is 16.2. The summed E-state index contributed by atoms with van der Waals surface area (Å²) in [4.78, 5) is 12.0. The summed E-state index contributed by atoms with van der Waals surface area (Å²) in [6, 6.07) is 9.81. The van der Waals surface area contributed by atoms with E-state index in [4.69, 9.17) is 4.74 Å². The number of amides is 1. The second-order valence-electron chi connectivity index (χ2n) is 4.66. The van der Waals surface area contributed by atoms with E-state index in [1.807, 2.05) is 5.38 Å². The van der Waals surface area contributed by atoms with Crippen LogP contribution in [-0.2, 0) is 14.6 Å².